The van der Waals surface area contributed by atoms with E-state index in [1.807, 2.05) is 0 Å². The van der Waals surface area contributed by atoms with Crippen LogP contribution in [0.25, 0.3) is 0 Å². The fourth-order valence-corrected chi connectivity index (χ4v) is 2.01. The predicted octanol–water partition coefficient (Wildman–Crippen LogP) is -2.59. The van der Waals surface area contributed by atoms with E-state index in [0.717, 1.165) is 4.57 Å². The molecule has 8 heteroatoms. The average Bonchev–Trinajstić information content (AvgIpc) is 2.63. The van der Waals surface area contributed by atoms with Crippen LogP contribution >= 0.6 is 0 Å². The summed E-state index contributed by atoms with van der Waals surface area (Å²) in [4.78, 5) is 15.3. The van der Waals surface area contributed by atoms with Crippen molar-refractivity contribution in [2.45, 2.75) is 24.0 Å². The second kappa shape index (κ2) is 4.64. The normalized spacial score (nSPS) is 34.1. The maximum absolute atomic E-state index is 11.8. The van der Waals surface area contributed by atoms with E-state index < -0.39 is 36.3 Å². The summed E-state index contributed by atoms with van der Waals surface area (Å²) in [6, 6.07) is 1.38. The van der Waals surface area contributed by atoms with Crippen molar-refractivity contribution in [3.63, 3.8) is 0 Å². The van der Waals surface area contributed by atoms with Crippen LogP contribution in [0.1, 0.15) is 6.23 Å². The predicted molar refractivity (Wildman–Crippen MR) is 65.7 cm³/mol. The summed E-state index contributed by atoms with van der Waals surface area (Å²) in [6.45, 7) is -0.477. The monoisotopic (exact) mass is 266 g/mol. The summed E-state index contributed by atoms with van der Waals surface area (Å²) in [5.74, 6) is 2.26. The van der Waals surface area contributed by atoms with Gasteiger partial charge in [0.1, 0.15) is 18.0 Å². The summed E-state index contributed by atoms with van der Waals surface area (Å²) in [6.07, 6.45) is 3.23. The lowest BCUT2D eigenvalue weighted by atomic mass is 9.92. The van der Waals surface area contributed by atoms with Gasteiger partial charge in [-0.2, -0.15) is 4.98 Å². The summed E-state index contributed by atoms with van der Waals surface area (Å²) >= 11 is 0. The molecule has 1 saturated heterocycles. The van der Waals surface area contributed by atoms with E-state index >= 15 is 0 Å². The molecule has 102 valence electrons. The highest BCUT2D eigenvalue weighted by Crippen LogP contribution is 2.35. The molecule has 1 aliphatic rings. The van der Waals surface area contributed by atoms with Crippen molar-refractivity contribution >= 4 is 5.82 Å². The highest BCUT2D eigenvalue weighted by Gasteiger charge is 2.54. The summed E-state index contributed by atoms with van der Waals surface area (Å²) in [5, 5.41) is 19.1. The molecule has 0 spiro atoms. The second-order valence-corrected chi connectivity index (χ2v) is 4.27. The average molecular weight is 266 g/mol. The lowest BCUT2D eigenvalue weighted by Crippen LogP contribution is -2.54. The van der Waals surface area contributed by atoms with E-state index in [4.69, 9.17) is 27.7 Å². The van der Waals surface area contributed by atoms with Crippen molar-refractivity contribution in [2.75, 3.05) is 12.3 Å². The standard InChI is InChI=1S/C11H14N4O4/c1-2-11(13)8(17)6(5-16)19-9(11)15-4-3-7(12)14-10(15)18/h1,3-4,6,8-9,16-17H,5,13H2,(H2,12,14,18)/t6-,8+,9-,11?/m1/s1. The van der Waals surface area contributed by atoms with Crippen LogP contribution in [0.2, 0.25) is 0 Å². The molecule has 4 atom stereocenters. The number of aliphatic hydroxyl groups excluding tert-OH is 2. The summed E-state index contributed by atoms with van der Waals surface area (Å²) in [5.41, 5.74) is 8.94. The van der Waals surface area contributed by atoms with Gasteiger partial charge in [0.05, 0.1) is 6.61 Å². The molecular formula is C11H14N4O4. The quantitative estimate of drug-likeness (QED) is 0.431. The van der Waals surface area contributed by atoms with Crippen molar-refractivity contribution < 1.29 is 14.9 Å². The van der Waals surface area contributed by atoms with E-state index in [0.29, 0.717) is 0 Å². The van der Waals surface area contributed by atoms with Crippen molar-refractivity contribution in [2.24, 2.45) is 5.73 Å². The third kappa shape index (κ3) is 1.98. The molecule has 0 radical (unpaired) electrons. The van der Waals surface area contributed by atoms with Crippen LogP contribution in [0, 0.1) is 12.3 Å². The van der Waals surface area contributed by atoms with Crippen molar-refractivity contribution in [3.8, 4) is 12.3 Å². The first-order chi connectivity index (χ1) is 8.93. The Bertz CT molecular complexity index is 581. The van der Waals surface area contributed by atoms with Gasteiger partial charge in [0.2, 0.25) is 0 Å². The van der Waals surface area contributed by atoms with Crippen LogP contribution < -0.4 is 17.2 Å². The fourth-order valence-electron chi connectivity index (χ4n) is 2.01. The minimum atomic E-state index is -1.64. The molecule has 6 N–H and O–H groups in total. The number of nitrogens with two attached hydrogens (primary N) is 2. The Labute approximate surface area is 108 Å². The fraction of sp³-hybridized carbons (Fsp3) is 0.455. The molecule has 1 fully saturated rings. The number of anilines is 1. The van der Waals surface area contributed by atoms with Crippen molar-refractivity contribution in [1.82, 2.24) is 9.55 Å². The molecule has 1 aromatic rings. The van der Waals surface area contributed by atoms with E-state index in [1.54, 1.807) is 0 Å². The number of aromatic nitrogens is 2. The first-order valence-electron chi connectivity index (χ1n) is 5.49. The molecular weight excluding hydrogens is 252 g/mol. The number of ether oxygens (including phenoxy) is 1. The molecule has 8 nitrogen and oxygen atoms in total. The number of hydrogen-bond acceptors (Lipinski definition) is 7. The zero-order valence-corrected chi connectivity index (χ0v) is 9.93. The van der Waals surface area contributed by atoms with E-state index in [2.05, 4.69) is 10.9 Å². The Kier molecular flexibility index (Phi) is 3.30. The van der Waals surface area contributed by atoms with E-state index in [1.165, 1.54) is 12.3 Å². The Balaban J connectivity index is 2.49. The maximum atomic E-state index is 11.8. The van der Waals surface area contributed by atoms with Crippen LogP contribution in [0.15, 0.2) is 17.1 Å². The number of nitrogens with zero attached hydrogens (tertiary/aromatic N) is 2. The molecule has 0 aliphatic carbocycles. The number of hydrogen-bond donors (Lipinski definition) is 4. The molecule has 1 aliphatic heterocycles. The Morgan fingerprint density at radius 2 is 2.37 bits per heavy atom. The minimum absolute atomic E-state index is 0.0434. The number of aliphatic hydroxyl groups is 2. The smallest absolute Gasteiger partial charge is 0.351 e. The van der Waals surface area contributed by atoms with Crippen LogP contribution in [0.3, 0.4) is 0 Å². The van der Waals surface area contributed by atoms with Gasteiger partial charge < -0.3 is 26.4 Å². The van der Waals surface area contributed by atoms with Crippen molar-refractivity contribution in [3.05, 3.63) is 22.7 Å². The molecule has 2 rings (SSSR count). The zero-order valence-electron chi connectivity index (χ0n) is 9.93. The summed E-state index contributed by atoms with van der Waals surface area (Å²) < 4.78 is 6.39. The second-order valence-electron chi connectivity index (χ2n) is 4.27. The SMILES string of the molecule is C#CC1(N)[C@@H](O)[C@@H](CO)O[C@H]1n1ccc(N)nc1=O. The van der Waals surface area contributed by atoms with Crippen LogP contribution in [-0.2, 0) is 4.74 Å². The Morgan fingerprint density at radius 3 is 2.89 bits per heavy atom. The van der Waals surface area contributed by atoms with Gasteiger partial charge in [-0.1, -0.05) is 5.92 Å². The van der Waals surface area contributed by atoms with Gasteiger partial charge in [-0.3, -0.25) is 4.57 Å². The maximum Gasteiger partial charge on any atom is 0.351 e. The molecule has 0 saturated carbocycles. The lowest BCUT2D eigenvalue weighted by molar-refractivity contribution is -0.0476. The molecule has 1 aromatic heterocycles. The van der Waals surface area contributed by atoms with Gasteiger partial charge in [0.15, 0.2) is 11.8 Å². The van der Waals surface area contributed by atoms with Gasteiger partial charge in [0.25, 0.3) is 0 Å². The molecule has 0 amide bonds. The zero-order chi connectivity index (χ0) is 14.2. The van der Waals surface area contributed by atoms with Crippen LogP contribution in [0.4, 0.5) is 5.82 Å². The van der Waals surface area contributed by atoms with Gasteiger partial charge in [-0.15, -0.1) is 6.42 Å². The summed E-state index contributed by atoms with van der Waals surface area (Å²) in [7, 11) is 0. The molecule has 1 unspecified atom stereocenters. The number of terminal acetylenes is 1. The highest BCUT2D eigenvalue weighted by molar-refractivity contribution is 5.26. The first kappa shape index (κ1) is 13.5. The molecule has 2 heterocycles. The number of rotatable bonds is 2. The molecule has 0 aromatic carbocycles. The first-order valence-corrected chi connectivity index (χ1v) is 5.49. The molecule has 19 heavy (non-hydrogen) atoms. The van der Waals surface area contributed by atoms with Crippen molar-refractivity contribution in [1.29, 1.82) is 0 Å². The lowest BCUT2D eigenvalue weighted by Gasteiger charge is -2.27. The van der Waals surface area contributed by atoms with Crippen LogP contribution in [-0.4, -0.2) is 44.1 Å². The van der Waals surface area contributed by atoms with E-state index in [-0.39, 0.29) is 5.82 Å². The van der Waals surface area contributed by atoms with E-state index in [9.17, 15) is 9.90 Å². The minimum Gasteiger partial charge on any atom is -0.394 e. The largest absolute Gasteiger partial charge is 0.394 e. The third-order valence-corrected chi connectivity index (χ3v) is 3.09. The molecule has 0 bridgehead atoms. The van der Waals surface area contributed by atoms with Crippen LogP contribution in [0.5, 0.6) is 0 Å². The van der Waals surface area contributed by atoms with Gasteiger partial charge >= 0.3 is 5.69 Å². The highest BCUT2D eigenvalue weighted by atomic mass is 16.5. The van der Waals surface area contributed by atoms with Gasteiger partial charge in [0, 0.05) is 6.20 Å². The Morgan fingerprint density at radius 1 is 1.68 bits per heavy atom. The van der Waals surface area contributed by atoms with Gasteiger partial charge in [-0.25, -0.2) is 4.79 Å². The Hall–Kier alpha value is -1.92. The number of nitrogen functional groups attached to an aromatic ring is 1. The topological polar surface area (TPSA) is 137 Å². The van der Waals surface area contributed by atoms with Gasteiger partial charge in [-0.05, 0) is 6.07 Å². The third-order valence-electron chi connectivity index (χ3n) is 3.09.